The van der Waals surface area contributed by atoms with Gasteiger partial charge in [0.25, 0.3) is 0 Å². The van der Waals surface area contributed by atoms with Crippen LogP contribution in [0.2, 0.25) is 0 Å². The molecule has 0 aromatic heterocycles. The summed E-state index contributed by atoms with van der Waals surface area (Å²) in [5, 5.41) is 0. The third kappa shape index (κ3) is 5.67. The summed E-state index contributed by atoms with van der Waals surface area (Å²) in [7, 11) is 0. The summed E-state index contributed by atoms with van der Waals surface area (Å²) in [6.07, 6.45) is 2.92. The van der Waals surface area contributed by atoms with Crippen LogP contribution in [0.5, 0.6) is 0 Å². The lowest BCUT2D eigenvalue weighted by Crippen LogP contribution is -1.86. The molecule has 0 saturated heterocycles. The van der Waals surface area contributed by atoms with Crippen LogP contribution in [-0.4, -0.2) is 12.8 Å². The number of aliphatic imine (C=N–C) groups is 1. The van der Waals surface area contributed by atoms with Crippen molar-refractivity contribution in [1.82, 2.24) is 0 Å². The van der Waals surface area contributed by atoms with Crippen LogP contribution in [0.4, 0.5) is 0 Å². The van der Waals surface area contributed by atoms with Gasteiger partial charge < -0.3 is 0 Å². The van der Waals surface area contributed by atoms with Gasteiger partial charge >= 0.3 is 0 Å². The van der Waals surface area contributed by atoms with Crippen LogP contribution in [0, 0.1) is 5.92 Å². The maximum atomic E-state index is 3.92. The fourth-order valence-electron chi connectivity index (χ4n) is 0.274. The lowest BCUT2D eigenvalue weighted by Gasteiger charge is -1.86. The van der Waals surface area contributed by atoms with Gasteiger partial charge in [0.05, 0.1) is 6.21 Å². The van der Waals surface area contributed by atoms with Gasteiger partial charge in [-0.25, -0.2) is 0 Å². The van der Waals surface area contributed by atoms with E-state index < -0.39 is 0 Å². The zero-order valence-corrected chi connectivity index (χ0v) is 5.23. The Bertz CT molecular complexity index is 55.2. The molecule has 0 atom stereocenters. The predicted octanol–water partition coefficient (Wildman–Crippen LogP) is 1.61. The van der Waals surface area contributed by atoms with Crippen molar-refractivity contribution in [3.05, 3.63) is 0 Å². The molecule has 0 N–H and O–H groups in total. The standard InChI is InChI=1S/C6H12N/c1-4-7-5-6(2)3/h6H,4H2,1-3H3. The van der Waals surface area contributed by atoms with Gasteiger partial charge in [0.1, 0.15) is 0 Å². The second kappa shape index (κ2) is 3.85. The van der Waals surface area contributed by atoms with Crippen molar-refractivity contribution in [2.75, 3.05) is 6.54 Å². The van der Waals surface area contributed by atoms with E-state index in [0.717, 1.165) is 6.54 Å². The highest BCUT2D eigenvalue weighted by Crippen LogP contribution is 1.83. The number of hydrogen-bond acceptors (Lipinski definition) is 1. The van der Waals surface area contributed by atoms with E-state index >= 15 is 0 Å². The molecule has 7 heavy (non-hydrogen) atoms. The first kappa shape index (κ1) is 6.67. The van der Waals surface area contributed by atoms with Crippen LogP contribution in [0.3, 0.4) is 0 Å². The van der Waals surface area contributed by atoms with E-state index in [9.17, 15) is 0 Å². The van der Waals surface area contributed by atoms with E-state index in [-0.39, 0.29) is 0 Å². The second-order valence-electron chi connectivity index (χ2n) is 1.76. The maximum absolute atomic E-state index is 3.92. The van der Waals surface area contributed by atoms with E-state index in [1.165, 1.54) is 0 Å². The normalized spacial score (nSPS) is 11.4. The van der Waals surface area contributed by atoms with E-state index in [1.807, 2.05) is 6.92 Å². The summed E-state index contributed by atoms with van der Waals surface area (Å²) in [6.45, 7) is 7.01. The number of nitrogens with zero attached hydrogens (tertiary/aromatic N) is 1. The summed E-state index contributed by atoms with van der Waals surface area (Å²) in [5.74, 6) is 0.486. The molecule has 0 aliphatic rings. The lowest BCUT2D eigenvalue weighted by molar-refractivity contribution is 0.897. The summed E-state index contributed by atoms with van der Waals surface area (Å²) in [4.78, 5) is 3.92. The highest BCUT2D eigenvalue weighted by Gasteiger charge is 1.81. The molecule has 0 unspecified atom stereocenters. The Morgan fingerprint density at radius 3 is 2.29 bits per heavy atom. The minimum atomic E-state index is 0.486. The molecule has 0 aromatic rings. The maximum Gasteiger partial charge on any atom is 0.0586 e. The van der Waals surface area contributed by atoms with Crippen molar-refractivity contribution in [2.45, 2.75) is 20.8 Å². The average molecular weight is 98.2 g/mol. The quantitative estimate of drug-likeness (QED) is 0.465. The van der Waals surface area contributed by atoms with Crippen LogP contribution in [-0.2, 0) is 0 Å². The topological polar surface area (TPSA) is 12.4 Å². The highest BCUT2D eigenvalue weighted by molar-refractivity contribution is 5.59. The van der Waals surface area contributed by atoms with Crippen molar-refractivity contribution in [3.63, 3.8) is 0 Å². The third-order valence-electron chi connectivity index (χ3n) is 0.508. The van der Waals surface area contributed by atoms with E-state index in [2.05, 4.69) is 25.1 Å². The van der Waals surface area contributed by atoms with Crippen molar-refractivity contribution in [2.24, 2.45) is 10.9 Å². The molecule has 1 radical (unpaired) electrons. The molecule has 0 amide bonds. The highest BCUT2D eigenvalue weighted by atomic mass is 14.7. The largest absolute Gasteiger partial charge is 0.288 e. The van der Waals surface area contributed by atoms with Crippen molar-refractivity contribution in [1.29, 1.82) is 0 Å². The van der Waals surface area contributed by atoms with Crippen LogP contribution >= 0.6 is 0 Å². The number of rotatable bonds is 2. The van der Waals surface area contributed by atoms with Crippen LogP contribution < -0.4 is 0 Å². The van der Waals surface area contributed by atoms with E-state index in [0.29, 0.717) is 5.92 Å². The summed E-state index contributed by atoms with van der Waals surface area (Å²) < 4.78 is 0. The van der Waals surface area contributed by atoms with Gasteiger partial charge in [0.2, 0.25) is 0 Å². The molecule has 0 spiro atoms. The predicted molar refractivity (Wildman–Crippen MR) is 32.8 cm³/mol. The molecule has 0 aromatic carbocycles. The first-order valence-corrected chi connectivity index (χ1v) is 2.69. The molecule has 1 nitrogen and oxygen atoms in total. The SMILES string of the molecule is CC/N=[C]\C(C)C. The molecule has 0 aliphatic heterocycles. The van der Waals surface area contributed by atoms with Crippen LogP contribution in [0.25, 0.3) is 0 Å². The Labute approximate surface area is 45.5 Å². The lowest BCUT2D eigenvalue weighted by atomic mass is 10.2. The van der Waals surface area contributed by atoms with E-state index in [4.69, 9.17) is 0 Å². The molecule has 0 fully saturated rings. The van der Waals surface area contributed by atoms with Crippen molar-refractivity contribution < 1.29 is 0 Å². The summed E-state index contributed by atoms with van der Waals surface area (Å²) in [6, 6.07) is 0. The second-order valence-corrected chi connectivity index (χ2v) is 1.76. The monoisotopic (exact) mass is 98.1 g/mol. The number of hydrogen-bond donors (Lipinski definition) is 0. The van der Waals surface area contributed by atoms with Gasteiger partial charge in [-0.1, -0.05) is 13.8 Å². The Morgan fingerprint density at radius 2 is 2.14 bits per heavy atom. The van der Waals surface area contributed by atoms with Gasteiger partial charge in [-0.05, 0) is 12.8 Å². The third-order valence-corrected chi connectivity index (χ3v) is 0.508. The van der Waals surface area contributed by atoms with Crippen LogP contribution in [0.1, 0.15) is 20.8 Å². The fourth-order valence-corrected chi connectivity index (χ4v) is 0.274. The van der Waals surface area contributed by atoms with Crippen LogP contribution in [0.15, 0.2) is 4.99 Å². The van der Waals surface area contributed by atoms with Gasteiger partial charge in [-0.2, -0.15) is 0 Å². The molecule has 1 heteroatoms. The van der Waals surface area contributed by atoms with Crippen molar-refractivity contribution in [3.8, 4) is 0 Å². The molecule has 41 valence electrons. The first-order chi connectivity index (χ1) is 3.27. The zero-order valence-electron chi connectivity index (χ0n) is 5.23. The molecular formula is C6H12N. The minimum absolute atomic E-state index is 0.486. The smallest absolute Gasteiger partial charge is 0.0586 e. The molecular weight excluding hydrogens is 86.1 g/mol. The Kier molecular flexibility index (Phi) is 3.67. The Morgan fingerprint density at radius 1 is 1.57 bits per heavy atom. The molecule has 0 rings (SSSR count). The molecule has 0 heterocycles. The molecule has 0 bridgehead atoms. The van der Waals surface area contributed by atoms with Gasteiger partial charge in [-0.15, -0.1) is 0 Å². The Hall–Kier alpha value is -0.330. The van der Waals surface area contributed by atoms with E-state index in [1.54, 1.807) is 0 Å². The molecule has 0 aliphatic carbocycles. The van der Waals surface area contributed by atoms with Gasteiger partial charge in [-0.3, -0.25) is 4.99 Å². The average Bonchev–Trinajstić information content (AvgIpc) is 1.61. The first-order valence-electron chi connectivity index (χ1n) is 2.69. The zero-order chi connectivity index (χ0) is 5.70. The van der Waals surface area contributed by atoms with Crippen molar-refractivity contribution >= 4 is 6.21 Å². The fraction of sp³-hybridized carbons (Fsp3) is 0.833. The van der Waals surface area contributed by atoms with Gasteiger partial charge in [0.15, 0.2) is 0 Å². The summed E-state index contributed by atoms with van der Waals surface area (Å²) in [5.41, 5.74) is 0. The molecule has 0 saturated carbocycles. The van der Waals surface area contributed by atoms with Gasteiger partial charge in [0, 0.05) is 6.54 Å². The summed E-state index contributed by atoms with van der Waals surface area (Å²) >= 11 is 0. The minimum Gasteiger partial charge on any atom is -0.288 e. The Balaban J connectivity index is 3.08.